The fourth-order valence-electron chi connectivity index (χ4n) is 2.82. The number of nitrogens with one attached hydrogen (secondary N) is 2. The minimum absolute atomic E-state index is 0.104. The van der Waals surface area contributed by atoms with Gasteiger partial charge in [-0.2, -0.15) is 4.98 Å². The average Bonchev–Trinajstić information content (AvgIpc) is 3.01. The molecule has 1 amide bonds. The maximum Gasteiger partial charge on any atom is 0.225 e. The molecule has 6 heteroatoms. The molecule has 0 spiro atoms. The van der Waals surface area contributed by atoms with Crippen molar-refractivity contribution in [2.45, 2.75) is 44.8 Å². The quantitative estimate of drug-likeness (QED) is 0.780. The van der Waals surface area contributed by atoms with E-state index in [1.54, 1.807) is 6.92 Å². The summed E-state index contributed by atoms with van der Waals surface area (Å²) in [6.45, 7) is 2.09. The van der Waals surface area contributed by atoms with Gasteiger partial charge in [-0.05, 0) is 19.3 Å². The predicted molar refractivity (Wildman–Crippen MR) is 58.9 cm³/mol. The van der Waals surface area contributed by atoms with Gasteiger partial charge < -0.3 is 15.2 Å². The first-order chi connectivity index (χ1) is 8.22. The molecule has 17 heavy (non-hydrogen) atoms. The summed E-state index contributed by atoms with van der Waals surface area (Å²) in [5, 5.41) is 10.1. The Balaban J connectivity index is 1.54. The summed E-state index contributed by atoms with van der Waals surface area (Å²) in [7, 11) is 0. The Morgan fingerprint density at radius 2 is 2.47 bits per heavy atom. The maximum absolute atomic E-state index is 12.0. The lowest BCUT2D eigenvalue weighted by Crippen LogP contribution is -2.37. The summed E-state index contributed by atoms with van der Waals surface area (Å²) >= 11 is 0. The Morgan fingerprint density at radius 1 is 1.59 bits per heavy atom. The molecular formula is C11H16N4O2. The molecule has 2 N–H and O–H groups in total. The summed E-state index contributed by atoms with van der Waals surface area (Å²) < 4.78 is 4.85. The highest BCUT2D eigenvalue weighted by Crippen LogP contribution is 2.33. The number of fused-ring (bicyclic) bond motifs is 2. The molecule has 3 rings (SSSR count). The van der Waals surface area contributed by atoms with Crippen LogP contribution in [0.5, 0.6) is 0 Å². The molecule has 3 heterocycles. The van der Waals surface area contributed by atoms with E-state index in [1.165, 1.54) is 6.42 Å². The molecule has 92 valence electrons. The second kappa shape index (κ2) is 4.10. The molecule has 6 nitrogen and oxygen atoms in total. The first kappa shape index (κ1) is 10.7. The first-order valence-electron chi connectivity index (χ1n) is 6.05. The second-order valence-corrected chi connectivity index (χ2v) is 4.84. The van der Waals surface area contributed by atoms with Gasteiger partial charge in [0.25, 0.3) is 0 Å². The number of nitrogens with zero attached hydrogens (tertiary/aromatic N) is 2. The molecule has 1 aromatic heterocycles. The van der Waals surface area contributed by atoms with E-state index in [9.17, 15) is 4.79 Å². The molecule has 0 saturated carbocycles. The van der Waals surface area contributed by atoms with Gasteiger partial charge in [-0.3, -0.25) is 4.79 Å². The lowest BCUT2D eigenvalue weighted by atomic mass is 9.88. The summed E-state index contributed by atoms with van der Waals surface area (Å²) in [5.41, 5.74) is 0. The Labute approximate surface area is 99.2 Å². The van der Waals surface area contributed by atoms with Crippen LogP contribution in [0.4, 0.5) is 0 Å². The number of hydrogen-bond donors (Lipinski definition) is 2. The molecule has 3 unspecified atom stereocenters. The van der Waals surface area contributed by atoms with Gasteiger partial charge in [0.05, 0.1) is 12.5 Å². The van der Waals surface area contributed by atoms with Crippen LogP contribution in [0.2, 0.25) is 0 Å². The number of hydrogen-bond acceptors (Lipinski definition) is 5. The van der Waals surface area contributed by atoms with Crippen LogP contribution in [0.25, 0.3) is 0 Å². The molecule has 2 fully saturated rings. The van der Waals surface area contributed by atoms with Crippen LogP contribution in [-0.4, -0.2) is 28.1 Å². The van der Waals surface area contributed by atoms with Crippen molar-refractivity contribution in [3.05, 3.63) is 11.7 Å². The number of rotatable bonds is 3. The normalized spacial score (nSPS) is 30.8. The van der Waals surface area contributed by atoms with Gasteiger partial charge in [-0.25, -0.2) is 0 Å². The lowest BCUT2D eigenvalue weighted by Gasteiger charge is -2.18. The zero-order valence-corrected chi connectivity index (χ0v) is 9.77. The third-order valence-electron chi connectivity index (χ3n) is 3.63. The van der Waals surface area contributed by atoms with Crippen LogP contribution >= 0.6 is 0 Å². The Hall–Kier alpha value is -1.43. The van der Waals surface area contributed by atoms with Gasteiger partial charge >= 0.3 is 0 Å². The van der Waals surface area contributed by atoms with Crippen molar-refractivity contribution in [2.75, 3.05) is 0 Å². The molecule has 2 bridgehead atoms. The molecule has 0 aliphatic carbocycles. The maximum atomic E-state index is 12.0. The van der Waals surface area contributed by atoms with E-state index in [1.807, 2.05) is 0 Å². The third kappa shape index (κ3) is 2.04. The standard InChI is InChI=1S/C11H16N4O2/c1-6-13-10(15-17-6)5-12-11(16)8-4-7-2-3-9(8)14-7/h7-9,14H,2-5H2,1H3,(H,12,16). The Bertz CT molecular complexity index is 431. The van der Waals surface area contributed by atoms with Crippen molar-refractivity contribution >= 4 is 5.91 Å². The molecule has 0 radical (unpaired) electrons. The molecule has 0 aromatic carbocycles. The molecule has 1 aromatic rings. The zero-order chi connectivity index (χ0) is 11.8. The van der Waals surface area contributed by atoms with Crippen LogP contribution in [0.15, 0.2) is 4.52 Å². The minimum atomic E-state index is 0.104. The summed E-state index contributed by atoms with van der Waals surface area (Å²) in [6.07, 6.45) is 3.28. The minimum Gasteiger partial charge on any atom is -0.348 e. The summed E-state index contributed by atoms with van der Waals surface area (Å²) in [4.78, 5) is 16.0. The van der Waals surface area contributed by atoms with Crippen molar-refractivity contribution < 1.29 is 9.32 Å². The summed E-state index contributed by atoms with van der Waals surface area (Å²) in [5.74, 6) is 1.27. The topological polar surface area (TPSA) is 80.0 Å². The number of aryl methyl sites for hydroxylation is 1. The predicted octanol–water partition coefficient (Wildman–Crippen LogP) is 0.135. The van der Waals surface area contributed by atoms with Gasteiger partial charge in [0.15, 0.2) is 5.82 Å². The van der Waals surface area contributed by atoms with E-state index in [0.29, 0.717) is 30.3 Å². The Kier molecular flexibility index (Phi) is 2.58. The fraction of sp³-hybridized carbons (Fsp3) is 0.727. The Morgan fingerprint density at radius 3 is 3.06 bits per heavy atom. The highest BCUT2D eigenvalue weighted by Gasteiger charge is 2.42. The van der Waals surface area contributed by atoms with E-state index >= 15 is 0 Å². The van der Waals surface area contributed by atoms with Gasteiger partial charge in [0.1, 0.15) is 0 Å². The van der Waals surface area contributed by atoms with Crippen molar-refractivity contribution in [1.82, 2.24) is 20.8 Å². The molecule has 2 aliphatic rings. The number of aromatic nitrogens is 2. The molecule has 2 aliphatic heterocycles. The van der Waals surface area contributed by atoms with Gasteiger partial charge in [-0.1, -0.05) is 5.16 Å². The van der Waals surface area contributed by atoms with E-state index in [4.69, 9.17) is 4.52 Å². The molecular weight excluding hydrogens is 220 g/mol. The highest BCUT2D eigenvalue weighted by molar-refractivity contribution is 5.80. The van der Waals surface area contributed by atoms with Crippen molar-refractivity contribution in [3.8, 4) is 0 Å². The van der Waals surface area contributed by atoms with E-state index in [2.05, 4.69) is 20.8 Å². The molecule has 3 atom stereocenters. The number of carbonyl (C=O) groups is 1. The van der Waals surface area contributed by atoms with E-state index in [0.717, 1.165) is 12.8 Å². The SMILES string of the molecule is Cc1nc(CNC(=O)C2CC3CCC2N3)no1. The summed E-state index contributed by atoms with van der Waals surface area (Å²) in [6, 6.07) is 0.912. The number of amides is 1. The van der Waals surface area contributed by atoms with Crippen LogP contribution < -0.4 is 10.6 Å². The van der Waals surface area contributed by atoms with E-state index in [-0.39, 0.29) is 11.8 Å². The van der Waals surface area contributed by atoms with Crippen LogP contribution in [0, 0.1) is 12.8 Å². The second-order valence-electron chi connectivity index (χ2n) is 4.84. The average molecular weight is 236 g/mol. The lowest BCUT2D eigenvalue weighted by molar-refractivity contribution is -0.125. The third-order valence-corrected chi connectivity index (χ3v) is 3.63. The van der Waals surface area contributed by atoms with Crippen LogP contribution in [0.1, 0.15) is 31.0 Å². The van der Waals surface area contributed by atoms with E-state index < -0.39 is 0 Å². The van der Waals surface area contributed by atoms with Crippen molar-refractivity contribution in [1.29, 1.82) is 0 Å². The largest absolute Gasteiger partial charge is 0.348 e. The van der Waals surface area contributed by atoms with Gasteiger partial charge in [0, 0.05) is 19.0 Å². The van der Waals surface area contributed by atoms with Crippen LogP contribution in [0.3, 0.4) is 0 Å². The highest BCUT2D eigenvalue weighted by atomic mass is 16.5. The van der Waals surface area contributed by atoms with Gasteiger partial charge in [0.2, 0.25) is 11.8 Å². The monoisotopic (exact) mass is 236 g/mol. The van der Waals surface area contributed by atoms with Crippen molar-refractivity contribution in [2.24, 2.45) is 5.92 Å². The molecule has 2 saturated heterocycles. The first-order valence-corrected chi connectivity index (χ1v) is 6.05. The van der Waals surface area contributed by atoms with Gasteiger partial charge in [-0.15, -0.1) is 0 Å². The fourth-order valence-corrected chi connectivity index (χ4v) is 2.82. The number of carbonyl (C=O) groups excluding carboxylic acids is 1. The smallest absolute Gasteiger partial charge is 0.225 e. The van der Waals surface area contributed by atoms with Crippen LogP contribution in [-0.2, 0) is 11.3 Å². The zero-order valence-electron chi connectivity index (χ0n) is 9.77. The van der Waals surface area contributed by atoms with Crippen molar-refractivity contribution in [3.63, 3.8) is 0 Å².